The number of aromatic nitrogens is 2. The minimum Gasteiger partial charge on any atom is -0.352 e. The molecule has 0 aliphatic heterocycles. The lowest BCUT2D eigenvalue weighted by Crippen LogP contribution is -2.18. The Hall–Kier alpha value is -2.40. The monoisotopic (exact) mass is 317 g/mol. The highest BCUT2D eigenvalue weighted by atomic mass is 35.5. The van der Waals surface area contributed by atoms with E-state index in [1.807, 2.05) is 0 Å². The van der Waals surface area contributed by atoms with Gasteiger partial charge in [-0.3, -0.25) is 4.79 Å². The Morgan fingerprint density at radius 1 is 1.27 bits per heavy atom. The Labute approximate surface area is 131 Å². The topological polar surface area (TPSA) is 46.9 Å². The molecule has 3 aromatic rings. The van der Waals surface area contributed by atoms with Crippen molar-refractivity contribution in [3.05, 3.63) is 63.4 Å². The predicted molar refractivity (Wildman–Crippen MR) is 86.4 cm³/mol. The Bertz CT molecular complexity index is 916. The van der Waals surface area contributed by atoms with Crippen LogP contribution in [0.3, 0.4) is 0 Å². The van der Waals surface area contributed by atoms with E-state index in [0.29, 0.717) is 22.2 Å². The van der Waals surface area contributed by atoms with Gasteiger partial charge in [0.05, 0.1) is 27.9 Å². The zero-order chi connectivity index (χ0) is 15.9. The molecule has 0 saturated carbocycles. The number of nitrogens with one attached hydrogen (secondary N) is 1. The van der Waals surface area contributed by atoms with Gasteiger partial charge < -0.3 is 9.88 Å². The number of benzene rings is 2. The van der Waals surface area contributed by atoms with E-state index in [1.165, 1.54) is 23.0 Å². The van der Waals surface area contributed by atoms with Gasteiger partial charge in [-0.25, -0.2) is 9.37 Å². The predicted octanol–water partition coefficient (Wildman–Crippen LogP) is 3.78. The first-order valence-electron chi connectivity index (χ1n) is 6.65. The van der Waals surface area contributed by atoms with Crippen molar-refractivity contribution < 1.29 is 4.39 Å². The van der Waals surface area contributed by atoms with Crippen molar-refractivity contribution in [2.24, 2.45) is 7.05 Å². The summed E-state index contributed by atoms with van der Waals surface area (Å²) in [4.78, 5) is 16.5. The summed E-state index contributed by atoms with van der Waals surface area (Å²) in [7, 11) is 1.64. The lowest BCUT2D eigenvalue weighted by Gasteiger charge is -2.13. The van der Waals surface area contributed by atoms with Gasteiger partial charge in [0.2, 0.25) is 0 Å². The zero-order valence-electron chi connectivity index (χ0n) is 12.0. The summed E-state index contributed by atoms with van der Waals surface area (Å²) in [5.41, 5.74) is 1.96. The molecule has 0 fully saturated rings. The molecule has 112 valence electrons. The molecule has 6 heteroatoms. The third-order valence-electron chi connectivity index (χ3n) is 3.57. The fourth-order valence-corrected chi connectivity index (χ4v) is 2.55. The number of rotatable bonds is 2. The van der Waals surface area contributed by atoms with Crippen molar-refractivity contribution >= 4 is 33.9 Å². The number of nitrogens with zero attached hydrogens (tertiary/aromatic N) is 2. The van der Waals surface area contributed by atoms with Gasteiger partial charge in [0, 0.05) is 12.7 Å². The molecule has 0 radical (unpaired) electrons. The van der Waals surface area contributed by atoms with E-state index in [0.717, 1.165) is 0 Å². The highest BCUT2D eigenvalue weighted by Gasteiger charge is 2.12. The van der Waals surface area contributed by atoms with E-state index in [1.54, 1.807) is 32.2 Å². The lowest BCUT2D eigenvalue weighted by atomic mass is 10.1. The van der Waals surface area contributed by atoms with E-state index in [-0.39, 0.29) is 16.3 Å². The first kappa shape index (κ1) is 14.5. The number of anilines is 2. The molecule has 3 rings (SSSR count). The van der Waals surface area contributed by atoms with Crippen molar-refractivity contribution in [3.63, 3.8) is 0 Å². The average molecular weight is 318 g/mol. The highest BCUT2D eigenvalue weighted by molar-refractivity contribution is 6.33. The molecule has 1 N–H and O–H groups in total. The fourth-order valence-electron chi connectivity index (χ4n) is 2.34. The van der Waals surface area contributed by atoms with Gasteiger partial charge in [-0.1, -0.05) is 17.7 Å². The van der Waals surface area contributed by atoms with Gasteiger partial charge >= 0.3 is 0 Å². The maximum Gasteiger partial charge on any atom is 0.261 e. The molecule has 4 nitrogen and oxygen atoms in total. The second-order valence-electron chi connectivity index (χ2n) is 5.01. The third kappa shape index (κ3) is 2.33. The maximum absolute atomic E-state index is 13.9. The minimum atomic E-state index is -0.453. The summed E-state index contributed by atoms with van der Waals surface area (Å²) in [6, 6.07) is 7.94. The van der Waals surface area contributed by atoms with Crippen LogP contribution in [0, 0.1) is 12.7 Å². The van der Waals surface area contributed by atoms with Crippen molar-refractivity contribution in [3.8, 4) is 0 Å². The van der Waals surface area contributed by atoms with Crippen molar-refractivity contribution in [2.75, 3.05) is 5.32 Å². The fraction of sp³-hybridized carbons (Fsp3) is 0.125. The van der Waals surface area contributed by atoms with E-state index in [4.69, 9.17) is 11.6 Å². The van der Waals surface area contributed by atoms with Crippen LogP contribution in [0.25, 0.3) is 10.9 Å². The molecule has 0 spiro atoms. The summed E-state index contributed by atoms with van der Waals surface area (Å²) in [6.07, 6.45) is 1.48. The Balaban J connectivity index is 2.19. The quantitative estimate of drug-likeness (QED) is 0.782. The largest absolute Gasteiger partial charge is 0.352 e. The first-order valence-corrected chi connectivity index (χ1v) is 7.03. The van der Waals surface area contributed by atoms with Crippen LogP contribution >= 0.6 is 11.6 Å². The van der Waals surface area contributed by atoms with E-state index >= 15 is 0 Å². The standard InChI is InChI=1S/C16H13ClFN3O/c1-9-12(20-15-10(17)4-3-5-11(15)18)6-7-13-14(9)16(22)21(2)8-19-13/h3-8,20H,1-2H3. The molecule has 1 heterocycles. The van der Waals surface area contributed by atoms with Gasteiger partial charge in [0.1, 0.15) is 5.82 Å². The van der Waals surface area contributed by atoms with Crippen molar-refractivity contribution in [1.82, 2.24) is 9.55 Å². The Morgan fingerprint density at radius 3 is 2.77 bits per heavy atom. The van der Waals surface area contributed by atoms with Crippen LogP contribution < -0.4 is 10.9 Å². The minimum absolute atomic E-state index is 0.147. The highest BCUT2D eigenvalue weighted by Crippen LogP contribution is 2.31. The zero-order valence-corrected chi connectivity index (χ0v) is 12.8. The Morgan fingerprint density at radius 2 is 2.05 bits per heavy atom. The van der Waals surface area contributed by atoms with Gasteiger partial charge in [0.15, 0.2) is 0 Å². The molecule has 0 unspecified atom stereocenters. The number of para-hydroxylation sites is 1. The van der Waals surface area contributed by atoms with Crippen LogP contribution in [-0.2, 0) is 7.05 Å². The Kier molecular flexibility index (Phi) is 3.58. The molecule has 1 aromatic heterocycles. The van der Waals surface area contributed by atoms with E-state index < -0.39 is 5.82 Å². The summed E-state index contributed by atoms with van der Waals surface area (Å²) in [6.45, 7) is 1.79. The van der Waals surface area contributed by atoms with Crippen LogP contribution in [0.2, 0.25) is 5.02 Å². The number of fused-ring (bicyclic) bond motifs is 1. The second-order valence-corrected chi connectivity index (χ2v) is 5.42. The number of hydrogen-bond acceptors (Lipinski definition) is 3. The third-order valence-corrected chi connectivity index (χ3v) is 3.88. The average Bonchev–Trinajstić information content (AvgIpc) is 2.49. The first-order chi connectivity index (χ1) is 10.5. The number of aryl methyl sites for hydroxylation is 2. The van der Waals surface area contributed by atoms with Crippen LogP contribution in [0.1, 0.15) is 5.56 Å². The van der Waals surface area contributed by atoms with Crippen molar-refractivity contribution in [2.45, 2.75) is 6.92 Å². The molecular weight excluding hydrogens is 305 g/mol. The molecule has 2 aromatic carbocycles. The molecule has 0 bridgehead atoms. The summed E-state index contributed by atoms with van der Waals surface area (Å²) in [5, 5.41) is 3.74. The van der Waals surface area contributed by atoms with E-state index in [9.17, 15) is 9.18 Å². The molecule has 0 amide bonds. The maximum atomic E-state index is 13.9. The molecule has 22 heavy (non-hydrogen) atoms. The van der Waals surface area contributed by atoms with Crippen molar-refractivity contribution in [1.29, 1.82) is 0 Å². The number of hydrogen-bond donors (Lipinski definition) is 1. The van der Waals surface area contributed by atoms with Gasteiger partial charge in [-0.2, -0.15) is 0 Å². The molecular formula is C16H13ClFN3O. The van der Waals surface area contributed by atoms with Crippen LogP contribution in [0.4, 0.5) is 15.8 Å². The lowest BCUT2D eigenvalue weighted by molar-refractivity contribution is 0.632. The molecule has 0 aliphatic carbocycles. The van der Waals surface area contributed by atoms with E-state index in [2.05, 4.69) is 10.3 Å². The number of halogens is 2. The molecule has 0 atom stereocenters. The molecule has 0 saturated heterocycles. The summed E-state index contributed by atoms with van der Waals surface area (Å²) >= 11 is 6.03. The van der Waals surface area contributed by atoms with Gasteiger partial charge in [0.25, 0.3) is 5.56 Å². The van der Waals surface area contributed by atoms with Crippen LogP contribution in [0.5, 0.6) is 0 Å². The second kappa shape index (κ2) is 5.42. The summed E-state index contributed by atoms with van der Waals surface area (Å²) < 4.78 is 15.3. The van der Waals surface area contributed by atoms with Gasteiger partial charge in [-0.15, -0.1) is 0 Å². The van der Waals surface area contributed by atoms with Crippen LogP contribution in [-0.4, -0.2) is 9.55 Å². The summed E-state index contributed by atoms with van der Waals surface area (Å²) in [5.74, 6) is -0.453. The smallest absolute Gasteiger partial charge is 0.261 e. The molecule has 0 aliphatic rings. The normalized spacial score (nSPS) is 10.9. The van der Waals surface area contributed by atoms with Crippen LogP contribution in [0.15, 0.2) is 41.5 Å². The SMILES string of the molecule is Cc1c(Nc2c(F)cccc2Cl)ccc2ncn(C)c(=O)c12. The van der Waals surface area contributed by atoms with Gasteiger partial charge in [-0.05, 0) is 36.8 Å².